The predicted octanol–water partition coefficient (Wildman–Crippen LogP) is 3.11. The van der Waals surface area contributed by atoms with Crippen LogP contribution in [-0.4, -0.2) is 23.3 Å². The molecule has 1 aliphatic heterocycles. The first-order valence-corrected chi connectivity index (χ1v) is 6.56. The number of rotatable bonds is 5. The van der Waals surface area contributed by atoms with Crippen molar-refractivity contribution in [3.8, 4) is 0 Å². The van der Waals surface area contributed by atoms with Crippen LogP contribution in [0.4, 0.5) is 0 Å². The summed E-state index contributed by atoms with van der Waals surface area (Å²) in [5.74, 6) is 0.396. The van der Waals surface area contributed by atoms with Gasteiger partial charge in [0, 0.05) is 6.54 Å². The molecule has 0 aliphatic carbocycles. The molecule has 3 nitrogen and oxygen atoms in total. The van der Waals surface area contributed by atoms with Crippen LogP contribution in [0.25, 0.3) is 0 Å². The van der Waals surface area contributed by atoms with Crippen molar-refractivity contribution in [2.45, 2.75) is 33.1 Å². The number of carbonyl (C=O) groups excluding carboxylic acids is 2. The minimum atomic E-state index is -0.139. The topological polar surface area (TPSA) is 37.4 Å². The van der Waals surface area contributed by atoms with Gasteiger partial charge in [0.2, 0.25) is 0 Å². The summed E-state index contributed by atoms with van der Waals surface area (Å²) >= 11 is 0. The molecule has 1 aliphatic rings. The van der Waals surface area contributed by atoms with Crippen LogP contribution < -0.4 is 0 Å². The maximum absolute atomic E-state index is 12.0. The fourth-order valence-electron chi connectivity index (χ4n) is 2.26. The van der Waals surface area contributed by atoms with Crippen molar-refractivity contribution in [1.82, 2.24) is 4.90 Å². The van der Waals surface area contributed by atoms with E-state index in [1.165, 1.54) is 4.90 Å². The van der Waals surface area contributed by atoms with E-state index in [4.69, 9.17) is 0 Å². The summed E-state index contributed by atoms with van der Waals surface area (Å²) in [5.41, 5.74) is 1.10. The SMILES string of the molecule is CC(C)CCCCN1C(=O)c2ccccc2C1=O. The van der Waals surface area contributed by atoms with Gasteiger partial charge in [0.15, 0.2) is 0 Å². The van der Waals surface area contributed by atoms with E-state index in [9.17, 15) is 9.59 Å². The minimum Gasteiger partial charge on any atom is -0.274 e. The Hall–Kier alpha value is -1.64. The van der Waals surface area contributed by atoms with Crippen LogP contribution in [0.15, 0.2) is 24.3 Å². The second-order valence-electron chi connectivity index (χ2n) is 5.20. The monoisotopic (exact) mass is 245 g/mol. The predicted molar refractivity (Wildman–Crippen MR) is 70.5 cm³/mol. The zero-order valence-electron chi connectivity index (χ0n) is 11.0. The van der Waals surface area contributed by atoms with Gasteiger partial charge in [-0.05, 0) is 24.5 Å². The highest BCUT2D eigenvalue weighted by Gasteiger charge is 2.34. The van der Waals surface area contributed by atoms with Crippen LogP contribution >= 0.6 is 0 Å². The Labute approximate surface area is 108 Å². The zero-order chi connectivity index (χ0) is 13.1. The Morgan fingerprint density at radius 2 is 1.56 bits per heavy atom. The van der Waals surface area contributed by atoms with Gasteiger partial charge in [-0.1, -0.05) is 38.8 Å². The summed E-state index contributed by atoms with van der Waals surface area (Å²) in [6.45, 7) is 4.91. The van der Waals surface area contributed by atoms with Crippen LogP contribution in [0.2, 0.25) is 0 Å². The number of nitrogens with zero attached hydrogens (tertiary/aromatic N) is 1. The average molecular weight is 245 g/mol. The lowest BCUT2D eigenvalue weighted by Gasteiger charge is -2.13. The van der Waals surface area contributed by atoms with Crippen molar-refractivity contribution < 1.29 is 9.59 Å². The van der Waals surface area contributed by atoms with Gasteiger partial charge >= 0.3 is 0 Å². The molecule has 0 saturated heterocycles. The van der Waals surface area contributed by atoms with E-state index in [1.54, 1.807) is 24.3 Å². The zero-order valence-corrected chi connectivity index (χ0v) is 11.0. The number of hydrogen-bond acceptors (Lipinski definition) is 2. The van der Waals surface area contributed by atoms with Crippen molar-refractivity contribution in [2.24, 2.45) is 5.92 Å². The molecule has 0 saturated carbocycles. The lowest BCUT2D eigenvalue weighted by atomic mass is 10.1. The Morgan fingerprint density at radius 1 is 1.00 bits per heavy atom. The molecule has 18 heavy (non-hydrogen) atoms. The Balaban J connectivity index is 1.97. The number of benzene rings is 1. The van der Waals surface area contributed by atoms with E-state index in [1.807, 2.05) is 0 Å². The molecule has 0 fully saturated rings. The molecule has 2 rings (SSSR count). The molecule has 0 spiro atoms. The average Bonchev–Trinajstić information content (AvgIpc) is 2.59. The molecule has 0 atom stereocenters. The quantitative estimate of drug-likeness (QED) is 0.590. The third-order valence-corrected chi connectivity index (χ3v) is 3.29. The summed E-state index contributed by atoms with van der Waals surface area (Å²) in [4.78, 5) is 25.5. The van der Waals surface area contributed by atoms with Gasteiger partial charge in [-0.2, -0.15) is 0 Å². The van der Waals surface area contributed by atoms with E-state index < -0.39 is 0 Å². The van der Waals surface area contributed by atoms with Gasteiger partial charge in [-0.25, -0.2) is 0 Å². The molecule has 1 aromatic carbocycles. The third-order valence-electron chi connectivity index (χ3n) is 3.29. The minimum absolute atomic E-state index is 0.139. The van der Waals surface area contributed by atoms with E-state index in [0.717, 1.165) is 19.3 Å². The van der Waals surface area contributed by atoms with Crippen molar-refractivity contribution in [3.05, 3.63) is 35.4 Å². The van der Waals surface area contributed by atoms with Crippen molar-refractivity contribution >= 4 is 11.8 Å². The van der Waals surface area contributed by atoms with Gasteiger partial charge in [0.05, 0.1) is 11.1 Å². The number of amides is 2. The number of imide groups is 1. The summed E-state index contributed by atoms with van der Waals surface area (Å²) in [5, 5.41) is 0. The molecular weight excluding hydrogens is 226 g/mol. The second-order valence-corrected chi connectivity index (χ2v) is 5.20. The molecule has 3 heteroatoms. The molecule has 1 heterocycles. The molecule has 1 aromatic rings. The lowest BCUT2D eigenvalue weighted by Crippen LogP contribution is -2.30. The van der Waals surface area contributed by atoms with Gasteiger partial charge < -0.3 is 0 Å². The molecule has 0 N–H and O–H groups in total. The fraction of sp³-hybridized carbons (Fsp3) is 0.467. The Kier molecular flexibility index (Phi) is 3.80. The number of carbonyl (C=O) groups is 2. The van der Waals surface area contributed by atoms with Gasteiger partial charge in [0.25, 0.3) is 11.8 Å². The van der Waals surface area contributed by atoms with E-state index >= 15 is 0 Å². The molecular formula is C15H19NO2. The summed E-state index contributed by atoms with van der Waals surface area (Å²) in [6, 6.07) is 7.05. The van der Waals surface area contributed by atoms with Crippen molar-refractivity contribution in [2.75, 3.05) is 6.54 Å². The first-order valence-electron chi connectivity index (χ1n) is 6.56. The molecule has 0 radical (unpaired) electrons. The maximum atomic E-state index is 12.0. The van der Waals surface area contributed by atoms with Crippen molar-refractivity contribution in [3.63, 3.8) is 0 Å². The molecule has 0 unspecified atom stereocenters. The first-order chi connectivity index (χ1) is 8.61. The van der Waals surface area contributed by atoms with Gasteiger partial charge in [0.1, 0.15) is 0 Å². The molecule has 0 aromatic heterocycles. The Bertz CT molecular complexity index is 430. The summed E-state index contributed by atoms with van der Waals surface area (Å²) in [6.07, 6.45) is 3.10. The van der Waals surface area contributed by atoms with Crippen molar-refractivity contribution in [1.29, 1.82) is 0 Å². The number of hydrogen-bond donors (Lipinski definition) is 0. The van der Waals surface area contributed by atoms with E-state index in [-0.39, 0.29) is 11.8 Å². The van der Waals surface area contributed by atoms with Crippen LogP contribution in [-0.2, 0) is 0 Å². The fourth-order valence-corrected chi connectivity index (χ4v) is 2.26. The van der Waals surface area contributed by atoms with E-state index in [0.29, 0.717) is 23.6 Å². The first kappa shape index (κ1) is 12.8. The number of fused-ring (bicyclic) bond motifs is 1. The Morgan fingerprint density at radius 3 is 2.06 bits per heavy atom. The van der Waals surface area contributed by atoms with Crippen LogP contribution in [0, 0.1) is 5.92 Å². The summed E-state index contributed by atoms with van der Waals surface area (Å²) < 4.78 is 0. The van der Waals surface area contributed by atoms with Gasteiger partial charge in [-0.15, -0.1) is 0 Å². The van der Waals surface area contributed by atoms with E-state index in [2.05, 4.69) is 13.8 Å². The maximum Gasteiger partial charge on any atom is 0.261 e. The second kappa shape index (κ2) is 5.34. The standard InChI is InChI=1S/C15H19NO2/c1-11(2)7-5-6-10-16-14(17)12-8-3-4-9-13(12)15(16)18/h3-4,8-9,11H,5-7,10H2,1-2H3. The molecule has 2 amide bonds. The lowest BCUT2D eigenvalue weighted by molar-refractivity contribution is 0.0651. The van der Waals surface area contributed by atoms with Crippen LogP contribution in [0.3, 0.4) is 0 Å². The smallest absolute Gasteiger partial charge is 0.261 e. The van der Waals surface area contributed by atoms with Crippen LogP contribution in [0.5, 0.6) is 0 Å². The molecule has 0 bridgehead atoms. The summed E-state index contributed by atoms with van der Waals surface area (Å²) in [7, 11) is 0. The normalized spacial score (nSPS) is 14.5. The molecule has 96 valence electrons. The highest BCUT2D eigenvalue weighted by molar-refractivity contribution is 6.21. The number of unbranched alkanes of at least 4 members (excludes halogenated alkanes) is 1. The highest BCUT2D eigenvalue weighted by atomic mass is 16.2. The highest BCUT2D eigenvalue weighted by Crippen LogP contribution is 2.22. The van der Waals surface area contributed by atoms with Gasteiger partial charge in [-0.3, -0.25) is 14.5 Å². The largest absolute Gasteiger partial charge is 0.274 e. The van der Waals surface area contributed by atoms with Crippen LogP contribution in [0.1, 0.15) is 53.8 Å². The third kappa shape index (κ3) is 2.45.